The van der Waals surface area contributed by atoms with Crippen molar-refractivity contribution in [3.8, 4) is 5.75 Å². The number of nitrogens with two attached hydrogens (primary N) is 1. The Bertz CT molecular complexity index is 439. The van der Waals surface area contributed by atoms with E-state index in [1.54, 1.807) is 13.8 Å². The smallest absolute Gasteiger partial charge is 0.268 e. The van der Waals surface area contributed by atoms with Gasteiger partial charge < -0.3 is 15.8 Å². The van der Waals surface area contributed by atoms with Crippen LogP contribution in [0, 0.1) is 0 Å². The molecule has 86 valence electrons. The first-order valence-corrected chi connectivity index (χ1v) is 5.30. The van der Waals surface area contributed by atoms with Crippen molar-refractivity contribution >= 4 is 11.6 Å². The Hall–Kier alpha value is -1.55. The first kappa shape index (κ1) is 11.0. The maximum absolute atomic E-state index is 11.7. The van der Waals surface area contributed by atoms with E-state index in [1.165, 1.54) is 0 Å². The van der Waals surface area contributed by atoms with Crippen LogP contribution < -0.4 is 15.8 Å². The number of hydrogen-bond acceptors (Lipinski definition) is 3. The van der Waals surface area contributed by atoms with E-state index in [9.17, 15) is 4.79 Å². The van der Waals surface area contributed by atoms with Crippen molar-refractivity contribution in [2.75, 3.05) is 5.32 Å². The number of anilines is 1. The Morgan fingerprint density at radius 2 is 2.12 bits per heavy atom. The molecule has 1 heterocycles. The van der Waals surface area contributed by atoms with E-state index in [0.717, 1.165) is 5.56 Å². The van der Waals surface area contributed by atoms with Crippen molar-refractivity contribution in [3.63, 3.8) is 0 Å². The van der Waals surface area contributed by atoms with Crippen LogP contribution >= 0.6 is 0 Å². The van der Waals surface area contributed by atoms with Crippen LogP contribution in [0.5, 0.6) is 5.75 Å². The molecule has 1 aliphatic rings. The van der Waals surface area contributed by atoms with E-state index in [2.05, 4.69) is 5.32 Å². The molecule has 1 aliphatic heterocycles. The van der Waals surface area contributed by atoms with Crippen molar-refractivity contribution in [3.05, 3.63) is 23.8 Å². The van der Waals surface area contributed by atoms with Crippen molar-refractivity contribution in [1.82, 2.24) is 0 Å². The number of fused-ring (bicyclic) bond motifs is 1. The normalized spacial score (nSPS) is 19.4. The van der Waals surface area contributed by atoms with E-state index < -0.39 is 5.60 Å². The molecule has 0 fully saturated rings. The van der Waals surface area contributed by atoms with Crippen molar-refractivity contribution in [2.24, 2.45) is 5.73 Å². The lowest BCUT2D eigenvalue weighted by molar-refractivity contribution is -0.129. The second kappa shape index (κ2) is 3.49. The Labute approximate surface area is 94.8 Å². The molecule has 0 spiro atoms. The van der Waals surface area contributed by atoms with Crippen molar-refractivity contribution < 1.29 is 9.53 Å². The molecule has 16 heavy (non-hydrogen) atoms. The summed E-state index contributed by atoms with van der Waals surface area (Å²) in [5, 5.41) is 2.83. The second-order valence-corrected chi connectivity index (χ2v) is 4.61. The van der Waals surface area contributed by atoms with E-state index in [1.807, 2.05) is 25.1 Å². The summed E-state index contributed by atoms with van der Waals surface area (Å²) < 4.78 is 5.61. The molecule has 1 atom stereocenters. The van der Waals surface area contributed by atoms with E-state index in [0.29, 0.717) is 11.4 Å². The van der Waals surface area contributed by atoms with Crippen LogP contribution in [0.15, 0.2) is 18.2 Å². The van der Waals surface area contributed by atoms with Gasteiger partial charge in [-0.1, -0.05) is 6.07 Å². The van der Waals surface area contributed by atoms with Gasteiger partial charge in [0, 0.05) is 6.04 Å². The van der Waals surface area contributed by atoms with Crippen LogP contribution in [0.4, 0.5) is 5.69 Å². The molecular weight excluding hydrogens is 204 g/mol. The van der Waals surface area contributed by atoms with Gasteiger partial charge in [-0.25, -0.2) is 0 Å². The molecule has 0 bridgehead atoms. The molecule has 0 saturated heterocycles. The summed E-state index contributed by atoms with van der Waals surface area (Å²) in [7, 11) is 0. The Morgan fingerprint density at radius 1 is 1.44 bits per heavy atom. The van der Waals surface area contributed by atoms with E-state index in [4.69, 9.17) is 10.5 Å². The zero-order valence-electron chi connectivity index (χ0n) is 9.70. The minimum Gasteiger partial charge on any atom is -0.476 e. The fourth-order valence-corrected chi connectivity index (χ4v) is 1.61. The fourth-order valence-electron chi connectivity index (χ4n) is 1.61. The predicted molar refractivity (Wildman–Crippen MR) is 62.4 cm³/mol. The molecule has 3 N–H and O–H groups in total. The molecule has 4 heteroatoms. The van der Waals surface area contributed by atoms with Crippen LogP contribution in [0.3, 0.4) is 0 Å². The zero-order chi connectivity index (χ0) is 11.9. The van der Waals surface area contributed by atoms with Gasteiger partial charge in [0.1, 0.15) is 5.75 Å². The van der Waals surface area contributed by atoms with Gasteiger partial charge in [0.25, 0.3) is 5.91 Å². The summed E-state index contributed by atoms with van der Waals surface area (Å²) in [5.74, 6) is 0.552. The number of benzene rings is 1. The third-order valence-corrected chi connectivity index (χ3v) is 2.69. The summed E-state index contributed by atoms with van der Waals surface area (Å²) in [5.41, 5.74) is 6.63. The summed E-state index contributed by atoms with van der Waals surface area (Å²) in [6.07, 6.45) is 0. The second-order valence-electron chi connectivity index (χ2n) is 4.61. The molecule has 0 aliphatic carbocycles. The van der Waals surface area contributed by atoms with Gasteiger partial charge in [0.15, 0.2) is 5.60 Å². The van der Waals surface area contributed by atoms with Gasteiger partial charge >= 0.3 is 0 Å². The third-order valence-electron chi connectivity index (χ3n) is 2.69. The molecule has 2 rings (SSSR count). The quantitative estimate of drug-likeness (QED) is 0.758. The maximum atomic E-state index is 11.7. The lowest BCUT2D eigenvalue weighted by Gasteiger charge is -2.31. The zero-order valence-corrected chi connectivity index (χ0v) is 9.70. The number of rotatable bonds is 1. The summed E-state index contributed by atoms with van der Waals surface area (Å²) >= 11 is 0. The maximum Gasteiger partial charge on any atom is 0.268 e. The van der Waals surface area contributed by atoms with E-state index in [-0.39, 0.29) is 11.9 Å². The van der Waals surface area contributed by atoms with Crippen LogP contribution in [0.25, 0.3) is 0 Å². The summed E-state index contributed by atoms with van der Waals surface area (Å²) in [6, 6.07) is 5.55. The van der Waals surface area contributed by atoms with Gasteiger partial charge in [-0.2, -0.15) is 0 Å². The lowest BCUT2D eigenvalue weighted by atomic mass is 10.0. The number of nitrogens with one attached hydrogen (secondary N) is 1. The van der Waals surface area contributed by atoms with Crippen LogP contribution in [0.1, 0.15) is 32.4 Å². The first-order chi connectivity index (χ1) is 7.40. The highest BCUT2D eigenvalue weighted by atomic mass is 16.5. The molecule has 0 radical (unpaired) electrons. The topological polar surface area (TPSA) is 64.3 Å². The van der Waals surface area contributed by atoms with Gasteiger partial charge in [-0.3, -0.25) is 4.79 Å². The number of amides is 1. The minimum absolute atomic E-state index is 0.0582. The van der Waals surface area contributed by atoms with Gasteiger partial charge in [-0.15, -0.1) is 0 Å². The van der Waals surface area contributed by atoms with Crippen molar-refractivity contribution in [1.29, 1.82) is 0 Å². The first-order valence-electron chi connectivity index (χ1n) is 5.30. The molecule has 1 amide bonds. The number of carbonyl (C=O) groups is 1. The number of ether oxygens (including phenoxy) is 1. The highest BCUT2D eigenvalue weighted by Gasteiger charge is 2.35. The summed E-state index contributed by atoms with van der Waals surface area (Å²) in [6.45, 7) is 5.38. The Kier molecular flexibility index (Phi) is 2.39. The number of carbonyl (C=O) groups excluding carboxylic acids is 1. The van der Waals surface area contributed by atoms with Crippen LogP contribution in [0.2, 0.25) is 0 Å². The summed E-state index contributed by atoms with van der Waals surface area (Å²) in [4.78, 5) is 11.7. The third kappa shape index (κ3) is 1.76. The predicted octanol–water partition coefficient (Wildman–Crippen LogP) is 1.82. The Balaban J connectivity index is 2.41. The molecule has 0 aromatic heterocycles. The molecule has 1 aromatic rings. The monoisotopic (exact) mass is 220 g/mol. The van der Waals surface area contributed by atoms with Gasteiger partial charge in [0.05, 0.1) is 5.69 Å². The van der Waals surface area contributed by atoms with Gasteiger partial charge in [0.2, 0.25) is 0 Å². The molecule has 1 aromatic carbocycles. The fraction of sp³-hybridized carbons (Fsp3) is 0.417. The van der Waals surface area contributed by atoms with E-state index >= 15 is 0 Å². The average Bonchev–Trinajstić information content (AvgIpc) is 2.18. The largest absolute Gasteiger partial charge is 0.476 e. The molecule has 1 unspecified atom stereocenters. The standard InChI is InChI=1S/C12H16N2O2/c1-7(13)8-4-5-10-9(6-8)14-11(15)12(2,3)16-10/h4-7H,13H2,1-3H3,(H,14,15). The molecular formula is C12H16N2O2. The number of hydrogen-bond donors (Lipinski definition) is 2. The Morgan fingerprint density at radius 3 is 2.75 bits per heavy atom. The molecule has 4 nitrogen and oxygen atoms in total. The van der Waals surface area contributed by atoms with Crippen molar-refractivity contribution in [2.45, 2.75) is 32.4 Å². The van der Waals surface area contributed by atoms with Crippen LogP contribution in [-0.2, 0) is 4.79 Å². The SMILES string of the molecule is CC(N)c1ccc2c(c1)NC(=O)C(C)(C)O2. The highest BCUT2D eigenvalue weighted by molar-refractivity contribution is 6.00. The van der Waals surface area contributed by atoms with Gasteiger partial charge in [-0.05, 0) is 38.5 Å². The molecule has 0 saturated carbocycles. The van der Waals surface area contributed by atoms with Crippen LogP contribution in [-0.4, -0.2) is 11.5 Å². The minimum atomic E-state index is -0.817. The lowest BCUT2D eigenvalue weighted by Crippen LogP contribution is -2.45. The highest BCUT2D eigenvalue weighted by Crippen LogP contribution is 2.34. The average molecular weight is 220 g/mol.